The molecule has 0 fully saturated rings. The number of likely N-dealkylation sites (N-methyl/N-ethyl adjacent to an activating group) is 1. The maximum atomic E-state index is 12.4. The molecule has 1 amide bonds. The summed E-state index contributed by atoms with van der Waals surface area (Å²) >= 11 is 0. The molecule has 0 saturated carbocycles. The van der Waals surface area contributed by atoms with Gasteiger partial charge in [-0.1, -0.05) is 32.9 Å². The predicted octanol–water partition coefficient (Wildman–Crippen LogP) is 3.14. The fourth-order valence-electron chi connectivity index (χ4n) is 2.64. The van der Waals surface area contributed by atoms with Gasteiger partial charge >= 0.3 is 0 Å². The molecule has 0 aliphatic rings. The lowest BCUT2D eigenvalue weighted by atomic mass is 10.0. The van der Waals surface area contributed by atoms with E-state index in [2.05, 4.69) is 33.6 Å². The third kappa shape index (κ3) is 5.84. The van der Waals surface area contributed by atoms with Crippen molar-refractivity contribution in [2.45, 2.75) is 40.3 Å². The highest BCUT2D eigenvalue weighted by atomic mass is 35.5. The Morgan fingerprint density at radius 1 is 1.23 bits per heavy atom. The number of carbonyl (C=O) groups is 1. The molecule has 0 radical (unpaired) electrons. The summed E-state index contributed by atoms with van der Waals surface area (Å²) in [7, 11) is 0. The molecule has 0 spiro atoms. The van der Waals surface area contributed by atoms with E-state index in [9.17, 15) is 4.79 Å². The number of nitrogens with zero attached hydrogens (tertiary/aromatic N) is 3. The van der Waals surface area contributed by atoms with Crippen molar-refractivity contribution in [1.82, 2.24) is 14.5 Å². The molecule has 3 N–H and O–H groups in total. The fourth-order valence-corrected chi connectivity index (χ4v) is 2.64. The van der Waals surface area contributed by atoms with Crippen LogP contribution in [0.3, 0.4) is 0 Å². The molecule has 0 aliphatic carbocycles. The van der Waals surface area contributed by atoms with Gasteiger partial charge in [-0.3, -0.25) is 10.1 Å². The number of imidazole rings is 1. The Hall–Kier alpha value is -1.34. The van der Waals surface area contributed by atoms with E-state index in [0.717, 1.165) is 37.2 Å². The van der Waals surface area contributed by atoms with E-state index in [0.29, 0.717) is 5.95 Å². The van der Waals surface area contributed by atoms with Crippen LogP contribution in [0.1, 0.15) is 27.7 Å². The smallest absolute Gasteiger partial charge is 0.231 e. The van der Waals surface area contributed by atoms with Crippen molar-refractivity contribution < 1.29 is 4.79 Å². The van der Waals surface area contributed by atoms with Crippen LogP contribution in [0, 0.1) is 5.92 Å². The number of nitrogens with two attached hydrogens (primary N) is 1. The first kappa shape index (κ1) is 24.7. The zero-order chi connectivity index (χ0) is 17.7. The molecule has 1 aromatic heterocycles. The van der Waals surface area contributed by atoms with Crippen LogP contribution in [-0.2, 0) is 11.3 Å². The van der Waals surface area contributed by atoms with Crippen molar-refractivity contribution in [2.24, 2.45) is 11.7 Å². The second kappa shape index (κ2) is 11.4. The summed E-state index contributed by atoms with van der Waals surface area (Å²) in [5, 5.41) is 2.96. The molecule has 1 aromatic carbocycles. The Morgan fingerprint density at radius 2 is 1.85 bits per heavy atom. The van der Waals surface area contributed by atoms with Crippen molar-refractivity contribution in [3.63, 3.8) is 0 Å². The Labute approximate surface area is 168 Å². The van der Waals surface area contributed by atoms with Crippen molar-refractivity contribution in [3.8, 4) is 0 Å². The van der Waals surface area contributed by atoms with Gasteiger partial charge in [0.15, 0.2) is 0 Å². The third-order valence-corrected chi connectivity index (χ3v) is 4.63. The monoisotopic (exact) mass is 403 g/mol. The molecule has 1 heterocycles. The minimum atomic E-state index is -0.263. The summed E-state index contributed by atoms with van der Waals surface area (Å²) in [6, 6.07) is 7.76. The Balaban J connectivity index is 0.00000312. The number of nitrogens with one attached hydrogen (secondary N) is 1. The van der Waals surface area contributed by atoms with E-state index >= 15 is 0 Å². The van der Waals surface area contributed by atoms with E-state index < -0.39 is 0 Å². The van der Waals surface area contributed by atoms with Gasteiger partial charge in [-0.15, -0.1) is 24.8 Å². The van der Waals surface area contributed by atoms with Crippen molar-refractivity contribution in [2.75, 3.05) is 25.0 Å². The third-order valence-electron chi connectivity index (χ3n) is 4.63. The highest BCUT2D eigenvalue weighted by Crippen LogP contribution is 2.20. The molecule has 0 saturated heterocycles. The van der Waals surface area contributed by atoms with Crippen molar-refractivity contribution in [3.05, 3.63) is 24.3 Å². The first-order valence-electron chi connectivity index (χ1n) is 8.72. The second-order valence-electron chi connectivity index (χ2n) is 6.24. The highest BCUT2D eigenvalue weighted by molar-refractivity contribution is 5.93. The minimum Gasteiger partial charge on any atom is -0.327 e. The number of carbonyl (C=O) groups excluding carboxylic acids is 1. The first-order chi connectivity index (χ1) is 11.5. The topological polar surface area (TPSA) is 76.2 Å². The van der Waals surface area contributed by atoms with Crippen LogP contribution in [0.15, 0.2) is 24.3 Å². The van der Waals surface area contributed by atoms with Gasteiger partial charge in [0.05, 0.1) is 17.0 Å². The first-order valence-corrected chi connectivity index (χ1v) is 8.72. The van der Waals surface area contributed by atoms with E-state index in [1.807, 2.05) is 38.1 Å². The van der Waals surface area contributed by atoms with E-state index in [1.54, 1.807) is 0 Å². The summed E-state index contributed by atoms with van der Waals surface area (Å²) < 4.78 is 2.08. The molecule has 8 heteroatoms. The number of para-hydroxylation sites is 2. The highest BCUT2D eigenvalue weighted by Gasteiger charge is 2.20. The van der Waals surface area contributed by atoms with Gasteiger partial charge in [0.25, 0.3) is 0 Å². The number of benzene rings is 1. The van der Waals surface area contributed by atoms with Gasteiger partial charge in [-0.25, -0.2) is 4.98 Å². The van der Waals surface area contributed by atoms with Crippen molar-refractivity contribution in [1.29, 1.82) is 0 Å². The quantitative estimate of drug-likeness (QED) is 0.709. The Bertz CT molecular complexity index is 685. The normalized spacial score (nSPS) is 13.0. The van der Waals surface area contributed by atoms with Gasteiger partial charge < -0.3 is 15.2 Å². The van der Waals surface area contributed by atoms with E-state index in [-0.39, 0.29) is 42.7 Å². The maximum Gasteiger partial charge on any atom is 0.231 e. The average Bonchev–Trinajstić information content (AvgIpc) is 2.92. The number of halogens is 2. The number of aromatic nitrogens is 2. The molecule has 26 heavy (non-hydrogen) atoms. The predicted molar refractivity (Wildman–Crippen MR) is 113 cm³/mol. The van der Waals surface area contributed by atoms with Crippen LogP contribution in [0.25, 0.3) is 11.0 Å². The zero-order valence-electron chi connectivity index (χ0n) is 15.9. The van der Waals surface area contributed by atoms with Crippen LogP contribution < -0.4 is 11.1 Å². The lowest BCUT2D eigenvalue weighted by Crippen LogP contribution is -2.35. The second-order valence-corrected chi connectivity index (χ2v) is 6.24. The summed E-state index contributed by atoms with van der Waals surface area (Å²) in [5.74, 6) is 0.242. The molecule has 2 rings (SSSR count). The number of fused-ring (bicyclic) bond motifs is 1. The largest absolute Gasteiger partial charge is 0.327 e. The molecule has 2 unspecified atom stereocenters. The van der Waals surface area contributed by atoms with E-state index in [1.165, 1.54) is 0 Å². The molecule has 6 nitrogen and oxygen atoms in total. The molecule has 2 atom stereocenters. The molecule has 148 valence electrons. The molecule has 2 aromatic rings. The van der Waals surface area contributed by atoms with Gasteiger partial charge in [-0.2, -0.15) is 0 Å². The SMILES string of the molecule is CCN(CC)CCn1c(NC(=O)C(C)C(C)N)nc2ccccc21.Cl.Cl. The van der Waals surface area contributed by atoms with Crippen LogP contribution in [0.5, 0.6) is 0 Å². The summed E-state index contributed by atoms with van der Waals surface area (Å²) in [5.41, 5.74) is 7.77. The molecule has 0 bridgehead atoms. The van der Waals surface area contributed by atoms with E-state index in [4.69, 9.17) is 5.73 Å². The van der Waals surface area contributed by atoms with Gasteiger partial charge in [-0.05, 0) is 32.1 Å². The number of rotatable bonds is 8. The summed E-state index contributed by atoms with van der Waals surface area (Å²) in [6.07, 6.45) is 0. The van der Waals surface area contributed by atoms with Crippen LogP contribution >= 0.6 is 24.8 Å². The summed E-state index contributed by atoms with van der Waals surface area (Å²) in [4.78, 5) is 19.3. The molecular formula is C18H31Cl2N5O. The minimum absolute atomic E-state index is 0. The molecular weight excluding hydrogens is 373 g/mol. The zero-order valence-corrected chi connectivity index (χ0v) is 17.6. The fraction of sp³-hybridized carbons (Fsp3) is 0.556. The average molecular weight is 404 g/mol. The number of hydrogen-bond acceptors (Lipinski definition) is 4. The van der Waals surface area contributed by atoms with Gasteiger partial charge in [0.2, 0.25) is 11.9 Å². The van der Waals surface area contributed by atoms with Gasteiger partial charge in [0, 0.05) is 19.1 Å². The lowest BCUT2D eigenvalue weighted by molar-refractivity contribution is -0.119. The van der Waals surface area contributed by atoms with Crippen molar-refractivity contribution >= 4 is 47.7 Å². The Morgan fingerprint density at radius 3 is 2.42 bits per heavy atom. The van der Waals surface area contributed by atoms with Crippen LogP contribution in [0.2, 0.25) is 0 Å². The lowest BCUT2D eigenvalue weighted by Gasteiger charge is -2.20. The van der Waals surface area contributed by atoms with Crippen LogP contribution in [0.4, 0.5) is 5.95 Å². The van der Waals surface area contributed by atoms with Crippen LogP contribution in [-0.4, -0.2) is 46.0 Å². The Kier molecular flexibility index (Phi) is 10.8. The standard InChI is InChI=1S/C18H29N5O.2ClH/c1-5-22(6-2)11-12-23-16-10-8-7-9-15(16)20-18(23)21-17(24)13(3)14(4)19;;/h7-10,13-14H,5-6,11-12,19H2,1-4H3,(H,20,21,24);2*1H. The number of anilines is 1. The summed E-state index contributed by atoms with van der Waals surface area (Å²) in [6.45, 7) is 11.7. The number of hydrogen-bond donors (Lipinski definition) is 2. The number of amides is 1. The maximum absolute atomic E-state index is 12.4. The van der Waals surface area contributed by atoms with Gasteiger partial charge in [0.1, 0.15) is 0 Å². The molecule has 0 aliphatic heterocycles.